The van der Waals surface area contributed by atoms with Crippen LogP contribution in [0.25, 0.3) is 0 Å². The Balaban J connectivity index is 2.94. The van der Waals surface area contributed by atoms with Gasteiger partial charge in [0.25, 0.3) is 0 Å². The van der Waals surface area contributed by atoms with E-state index in [1.165, 1.54) is 0 Å². The summed E-state index contributed by atoms with van der Waals surface area (Å²) in [5.41, 5.74) is 10.6. The van der Waals surface area contributed by atoms with Gasteiger partial charge in [0.1, 0.15) is 0 Å². The maximum atomic E-state index is 5.43. The van der Waals surface area contributed by atoms with E-state index in [4.69, 9.17) is 39.9 Å². The first-order valence-electron chi connectivity index (χ1n) is 8.99. The Morgan fingerprint density at radius 3 is 1.00 bits per heavy atom. The van der Waals surface area contributed by atoms with Crippen molar-refractivity contribution < 1.29 is 28.4 Å². The quantitative estimate of drug-likeness (QED) is 0.198. The molecule has 0 saturated carbocycles. The molecule has 0 aromatic rings. The van der Waals surface area contributed by atoms with Gasteiger partial charge in [0.2, 0.25) is 0 Å². The third-order valence-corrected chi connectivity index (χ3v) is 2.86. The Morgan fingerprint density at radius 1 is 0.400 bits per heavy atom. The number of ether oxygens (including phenoxy) is 6. The zero-order valence-corrected chi connectivity index (χ0v) is 15.4. The van der Waals surface area contributed by atoms with Crippen LogP contribution < -0.4 is 16.8 Å². The summed E-state index contributed by atoms with van der Waals surface area (Å²) in [5.74, 6) is 0. The molecule has 9 heteroatoms. The fraction of sp³-hybridized carbons (Fsp3) is 1.00. The average Bonchev–Trinajstić information content (AvgIpc) is 2.63. The second-order valence-corrected chi connectivity index (χ2v) is 5.00. The molecule has 0 rings (SSSR count). The van der Waals surface area contributed by atoms with Crippen molar-refractivity contribution in [3.63, 3.8) is 0 Å². The number of rotatable bonds is 22. The van der Waals surface area contributed by atoms with Crippen molar-refractivity contribution in [3.8, 4) is 0 Å². The van der Waals surface area contributed by atoms with Crippen LogP contribution in [0, 0.1) is 0 Å². The highest BCUT2D eigenvalue weighted by molar-refractivity contribution is 4.45. The topological polar surface area (TPSA) is 119 Å². The maximum Gasteiger partial charge on any atom is 0.0701 e. The van der Waals surface area contributed by atoms with Gasteiger partial charge in [-0.3, -0.25) is 0 Å². The lowest BCUT2D eigenvalue weighted by Crippen LogP contribution is -2.25. The molecule has 9 nitrogen and oxygen atoms in total. The minimum atomic E-state index is 0.542. The Bertz CT molecular complexity index is 218. The molecular weight excluding hydrogens is 330 g/mol. The molecule has 0 spiro atoms. The predicted molar refractivity (Wildman–Crippen MR) is 95.9 cm³/mol. The van der Waals surface area contributed by atoms with Gasteiger partial charge in [-0.25, -0.2) is 0 Å². The maximum absolute atomic E-state index is 5.43. The second-order valence-electron chi connectivity index (χ2n) is 5.00. The van der Waals surface area contributed by atoms with E-state index in [2.05, 4.69) is 5.32 Å². The zero-order valence-electron chi connectivity index (χ0n) is 15.4. The normalized spacial score (nSPS) is 11.3. The molecule has 0 radical (unpaired) electrons. The summed E-state index contributed by atoms with van der Waals surface area (Å²) < 4.78 is 31.9. The van der Waals surface area contributed by atoms with Crippen LogP contribution in [0.5, 0.6) is 0 Å². The second kappa shape index (κ2) is 23.6. The van der Waals surface area contributed by atoms with Crippen LogP contribution in [-0.4, -0.2) is 105 Å². The lowest BCUT2D eigenvalue weighted by molar-refractivity contribution is 0.0135. The lowest BCUT2D eigenvalue weighted by Gasteiger charge is -2.08. The van der Waals surface area contributed by atoms with Crippen molar-refractivity contribution in [1.82, 2.24) is 5.32 Å². The first-order chi connectivity index (χ1) is 12.4. The van der Waals surface area contributed by atoms with Crippen molar-refractivity contribution in [2.75, 3.05) is 105 Å². The Hall–Kier alpha value is -0.360. The highest BCUT2D eigenvalue weighted by Crippen LogP contribution is 1.82. The van der Waals surface area contributed by atoms with E-state index in [9.17, 15) is 0 Å². The molecule has 0 aromatic heterocycles. The summed E-state index contributed by atoms with van der Waals surface area (Å²) in [4.78, 5) is 0. The summed E-state index contributed by atoms with van der Waals surface area (Å²) in [5, 5.41) is 3.24. The van der Waals surface area contributed by atoms with Crippen LogP contribution in [-0.2, 0) is 28.4 Å². The Kier molecular flexibility index (Phi) is 23.3. The molecule has 152 valence electrons. The van der Waals surface area contributed by atoms with Crippen LogP contribution >= 0.6 is 0 Å². The summed E-state index contributed by atoms with van der Waals surface area (Å²) in [6.45, 7) is 9.73. The van der Waals surface area contributed by atoms with E-state index < -0.39 is 0 Å². The minimum absolute atomic E-state index is 0.542. The highest BCUT2D eigenvalue weighted by atomic mass is 16.5. The van der Waals surface area contributed by atoms with Crippen LogP contribution in [0.3, 0.4) is 0 Å². The van der Waals surface area contributed by atoms with Crippen molar-refractivity contribution >= 4 is 0 Å². The zero-order chi connectivity index (χ0) is 18.3. The summed E-state index contributed by atoms with van der Waals surface area (Å²) >= 11 is 0. The lowest BCUT2D eigenvalue weighted by atomic mass is 10.6. The van der Waals surface area contributed by atoms with E-state index in [-0.39, 0.29) is 0 Å². The van der Waals surface area contributed by atoms with Gasteiger partial charge in [-0.2, -0.15) is 0 Å². The van der Waals surface area contributed by atoms with E-state index >= 15 is 0 Å². The van der Waals surface area contributed by atoms with E-state index in [0.717, 1.165) is 13.1 Å². The fourth-order valence-corrected chi connectivity index (χ4v) is 1.66. The van der Waals surface area contributed by atoms with Crippen molar-refractivity contribution in [2.24, 2.45) is 11.5 Å². The molecule has 0 saturated heterocycles. The van der Waals surface area contributed by atoms with Gasteiger partial charge in [-0.15, -0.1) is 0 Å². The van der Waals surface area contributed by atoms with Gasteiger partial charge < -0.3 is 45.2 Å². The van der Waals surface area contributed by atoms with Gasteiger partial charge in [-0.1, -0.05) is 0 Å². The third-order valence-electron chi connectivity index (χ3n) is 2.86. The van der Waals surface area contributed by atoms with Crippen molar-refractivity contribution in [1.29, 1.82) is 0 Å². The fourth-order valence-electron chi connectivity index (χ4n) is 1.66. The highest BCUT2D eigenvalue weighted by Gasteiger charge is 1.93. The van der Waals surface area contributed by atoms with Crippen LogP contribution in [0.1, 0.15) is 0 Å². The van der Waals surface area contributed by atoms with Crippen molar-refractivity contribution in [3.05, 3.63) is 0 Å². The molecule has 0 aliphatic carbocycles. The van der Waals surface area contributed by atoms with Crippen LogP contribution in [0.2, 0.25) is 0 Å². The molecule has 0 atom stereocenters. The monoisotopic (exact) mass is 367 g/mol. The molecule has 0 aliphatic rings. The minimum Gasteiger partial charge on any atom is -0.378 e. The molecule has 0 aliphatic heterocycles. The van der Waals surface area contributed by atoms with Crippen molar-refractivity contribution in [2.45, 2.75) is 0 Å². The summed E-state index contributed by atoms with van der Waals surface area (Å²) in [6, 6.07) is 0. The molecule has 25 heavy (non-hydrogen) atoms. The number of hydrogen-bond acceptors (Lipinski definition) is 9. The molecular formula is C16H37N3O6. The van der Waals surface area contributed by atoms with E-state index in [1.807, 2.05) is 0 Å². The number of hydrogen-bond donors (Lipinski definition) is 3. The smallest absolute Gasteiger partial charge is 0.0701 e. The van der Waals surface area contributed by atoms with Crippen LogP contribution in [0.15, 0.2) is 0 Å². The molecule has 0 bridgehead atoms. The Morgan fingerprint density at radius 2 is 0.680 bits per heavy atom. The summed E-state index contributed by atoms with van der Waals surface area (Å²) in [7, 11) is 0. The molecule has 0 aromatic carbocycles. The SMILES string of the molecule is NCCOCCOCCOCCNCCOCCOCCOCCN. The standard InChI is InChI=1S/C16H37N3O6/c17-1-5-20-9-13-24-15-11-22-7-3-19-4-8-23-12-16-25-14-10-21-6-2-18/h19H,1-18H2. The number of nitrogens with two attached hydrogens (primary N) is 2. The van der Waals surface area contributed by atoms with Gasteiger partial charge in [0, 0.05) is 26.2 Å². The van der Waals surface area contributed by atoms with E-state index in [0.29, 0.717) is 92.4 Å². The number of nitrogens with one attached hydrogen (secondary N) is 1. The molecule has 0 heterocycles. The first kappa shape index (κ1) is 24.6. The molecule has 0 unspecified atom stereocenters. The van der Waals surface area contributed by atoms with Gasteiger partial charge in [-0.05, 0) is 0 Å². The van der Waals surface area contributed by atoms with Gasteiger partial charge >= 0.3 is 0 Å². The Labute approximate surface area is 151 Å². The van der Waals surface area contributed by atoms with E-state index in [1.54, 1.807) is 0 Å². The molecule has 5 N–H and O–H groups in total. The van der Waals surface area contributed by atoms with Crippen LogP contribution in [0.4, 0.5) is 0 Å². The largest absolute Gasteiger partial charge is 0.378 e. The molecule has 0 amide bonds. The van der Waals surface area contributed by atoms with Gasteiger partial charge in [0.15, 0.2) is 0 Å². The van der Waals surface area contributed by atoms with Gasteiger partial charge in [0.05, 0.1) is 79.3 Å². The molecule has 0 fully saturated rings. The average molecular weight is 367 g/mol. The summed E-state index contributed by atoms with van der Waals surface area (Å²) in [6.07, 6.45) is 0. The predicted octanol–water partition coefficient (Wildman–Crippen LogP) is -1.41. The first-order valence-corrected chi connectivity index (χ1v) is 8.99. The third kappa shape index (κ3) is 23.6.